The number of halogens is 1. The number of Topliss-reactive ketones (excluding diaryl/α,β-unsaturated/α-hetero) is 1. The predicted octanol–water partition coefficient (Wildman–Crippen LogP) is 3.64. The van der Waals surface area contributed by atoms with Gasteiger partial charge in [-0.05, 0) is 19.1 Å². The molecule has 0 amide bonds. The Hall–Kier alpha value is -2.47. The van der Waals surface area contributed by atoms with Crippen LogP contribution in [0.2, 0.25) is 5.02 Å². The van der Waals surface area contributed by atoms with Crippen LogP contribution in [0.4, 0.5) is 5.69 Å². The van der Waals surface area contributed by atoms with Crippen molar-refractivity contribution in [3.8, 4) is 11.6 Å². The molecule has 0 aliphatic carbocycles. The number of rotatable bonds is 4. The molecule has 1 aromatic carbocycles. The zero-order valence-corrected chi connectivity index (χ0v) is 11.1. The summed E-state index contributed by atoms with van der Waals surface area (Å²) in [5.41, 5.74) is 0.312. The Bertz CT molecular complexity index is 671. The minimum Gasteiger partial charge on any atom is -0.437 e. The van der Waals surface area contributed by atoms with E-state index in [9.17, 15) is 14.9 Å². The van der Waals surface area contributed by atoms with Crippen molar-refractivity contribution in [1.29, 1.82) is 0 Å². The van der Waals surface area contributed by atoms with Crippen LogP contribution in [0, 0.1) is 10.1 Å². The minimum atomic E-state index is -0.546. The van der Waals surface area contributed by atoms with Crippen molar-refractivity contribution in [3.63, 3.8) is 0 Å². The molecule has 1 heterocycles. The molecule has 7 heteroatoms. The minimum absolute atomic E-state index is 0.113. The van der Waals surface area contributed by atoms with E-state index in [1.54, 1.807) is 6.07 Å². The number of nitro benzene ring substituents is 1. The van der Waals surface area contributed by atoms with Crippen LogP contribution >= 0.6 is 11.6 Å². The first kappa shape index (κ1) is 14.0. The van der Waals surface area contributed by atoms with Crippen molar-refractivity contribution < 1.29 is 14.5 Å². The lowest BCUT2D eigenvalue weighted by atomic mass is 10.2. The monoisotopic (exact) mass is 292 g/mol. The number of carbonyl (C=O) groups is 1. The number of ketones is 1. The molecule has 0 saturated heterocycles. The van der Waals surface area contributed by atoms with E-state index in [0.717, 1.165) is 0 Å². The summed E-state index contributed by atoms with van der Waals surface area (Å²) >= 11 is 5.90. The standard InChI is InChI=1S/C13H9ClN2O4/c1-8(17)9-2-5-13(15-7-9)20-12-6-10(16(18)19)3-4-11(12)14/h2-7H,1H3. The molecule has 102 valence electrons. The van der Waals surface area contributed by atoms with Gasteiger partial charge in [-0.3, -0.25) is 14.9 Å². The Morgan fingerprint density at radius 3 is 2.65 bits per heavy atom. The molecule has 2 aromatic rings. The first-order valence-corrected chi connectivity index (χ1v) is 5.94. The lowest BCUT2D eigenvalue weighted by molar-refractivity contribution is -0.384. The van der Waals surface area contributed by atoms with Gasteiger partial charge in [0.2, 0.25) is 5.88 Å². The van der Waals surface area contributed by atoms with Crippen LogP contribution in [0.1, 0.15) is 17.3 Å². The van der Waals surface area contributed by atoms with E-state index in [4.69, 9.17) is 16.3 Å². The molecule has 0 aliphatic rings. The molecule has 0 unspecified atom stereocenters. The molecule has 0 fully saturated rings. The van der Waals surface area contributed by atoms with Crippen LogP contribution in [-0.4, -0.2) is 15.7 Å². The van der Waals surface area contributed by atoms with Gasteiger partial charge in [-0.25, -0.2) is 4.98 Å². The molecular weight excluding hydrogens is 284 g/mol. The van der Waals surface area contributed by atoms with E-state index >= 15 is 0 Å². The van der Waals surface area contributed by atoms with E-state index in [0.29, 0.717) is 5.56 Å². The fourth-order valence-electron chi connectivity index (χ4n) is 1.45. The maximum absolute atomic E-state index is 11.1. The highest BCUT2D eigenvalue weighted by molar-refractivity contribution is 6.32. The molecule has 0 N–H and O–H groups in total. The fourth-order valence-corrected chi connectivity index (χ4v) is 1.60. The largest absolute Gasteiger partial charge is 0.437 e. The van der Waals surface area contributed by atoms with Gasteiger partial charge in [-0.1, -0.05) is 11.6 Å². The highest BCUT2D eigenvalue weighted by Crippen LogP contribution is 2.31. The second-order valence-corrected chi connectivity index (χ2v) is 4.32. The number of nitro groups is 1. The van der Waals surface area contributed by atoms with Gasteiger partial charge in [-0.2, -0.15) is 0 Å². The average Bonchev–Trinajstić information content (AvgIpc) is 2.41. The van der Waals surface area contributed by atoms with Gasteiger partial charge in [0, 0.05) is 23.9 Å². The van der Waals surface area contributed by atoms with Gasteiger partial charge in [0.25, 0.3) is 5.69 Å². The Kier molecular flexibility index (Phi) is 3.95. The quantitative estimate of drug-likeness (QED) is 0.488. The highest BCUT2D eigenvalue weighted by atomic mass is 35.5. The molecule has 2 rings (SSSR count). The van der Waals surface area contributed by atoms with Crippen LogP contribution < -0.4 is 4.74 Å². The topological polar surface area (TPSA) is 82.3 Å². The number of pyridine rings is 1. The molecule has 1 aromatic heterocycles. The summed E-state index contributed by atoms with van der Waals surface area (Å²) < 4.78 is 5.38. The van der Waals surface area contributed by atoms with Crippen LogP contribution in [0.5, 0.6) is 11.6 Å². The zero-order valence-electron chi connectivity index (χ0n) is 10.4. The van der Waals surface area contributed by atoms with Gasteiger partial charge in [0.15, 0.2) is 11.5 Å². The summed E-state index contributed by atoms with van der Waals surface area (Å²) in [5, 5.41) is 10.9. The third kappa shape index (κ3) is 3.10. The Balaban J connectivity index is 2.27. The number of aromatic nitrogens is 1. The molecule has 0 bridgehead atoms. The maximum atomic E-state index is 11.1. The SMILES string of the molecule is CC(=O)c1ccc(Oc2cc([N+](=O)[O-])ccc2Cl)nc1. The first-order valence-electron chi connectivity index (χ1n) is 5.56. The second-order valence-electron chi connectivity index (χ2n) is 3.92. The van der Waals surface area contributed by atoms with Crippen LogP contribution in [0.15, 0.2) is 36.5 Å². The number of nitrogens with zero attached hydrogens (tertiary/aromatic N) is 2. The van der Waals surface area contributed by atoms with Gasteiger partial charge in [-0.15, -0.1) is 0 Å². The fraction of sp³-hybridized carbons (Fsp3) is 0.0769. The lowest BCUT2D eigenvalue weighted by Gasteiger charge is -2.06. The van der Waals surface area contributed by atoms with Crippen LogP contribution in [0.3, 0.4) is 0 Å². The van der Waals surface area contributed by atoms with Crippen molar-refractivity contribution in [3.05, 3.63) is 57.2 Å². The summed E-state index contributed by atoms with van der Waals surface area (Å²) in [5.74, 6) is 0.207. The summed E-state index contributed by atoms with van der Waals surface area (Å²) in [7, 11) is 0. The maximum Gasteiger partial charge on any atom is 0.273 e. The number of hydrogen-bond acceptors (Lipinski definition) is 5. The summed E-state index contributed by atoms with van der Waals surface area (Å²) in [6.07, 6.45) is 1.36. The first-order chi connectivity index (χ1) is 9.47. The number of hydrogen-bond donors (Lipinski definition) is 0. The van der Waals surface area contributed by atoms with Crippen molar-refractivity contribution in [2.45, 2.75) is 6.92 Å². The van der Waals surface area contributed by atoms with E-state index in [1.807, 2.05) is 0 Å². The van der Waals surface area contributed by atoms with Crippen molar-refractivity contribution in [1.82, 2.24) is 4.98 Å². The smallest absolute Gasteiger partial charge is 0.273 e. The molecule has 0 spiro atoms. The van der Waals surface area contributed by atoms with E-state index in [2.05, 4.69) is 4.98 Å². The van der Waals surface area contributed by atoms with Gasteiger partial charge in [0.05, 0.1) is 16.0 Å². The highest BCUT2D eigenvalue weighted by Gasteiger charge is 2.12. The van der Waals surface area contributed by atoms with Crippen molar-refractivity contribution in [2.75, 3.05) is 0 Å². The normalized spacial score (nSPS) is 10.1. The Morgan fingerprint density at radius 2 is 2.10 bits per heavy atom. The van der Waals surface area contributed by atoms with E-state index in [-0.39, 0.29) is 28.1 Å². The molecular formula is C13H9ClN2O4. The van der Waals surface area contributed by atoms with Gasteiger partial charge < -0.3 is 4.74 Å². The average molecular weight is 293 g/mol. The molecule has 6 nitrogen and oxygen atoms in total. The summed E-state index contributed by atoms with van der Waals surface area (Å²) in [6, 6.07) is 6.91. The van der Waals surface area contributed by atoms with Gasteiger partial charge in [0.1, 0.15) is 0 Å². The predicted molar refractivity (Wildman–Crippen MR) is 72.4 cm³/mol. The Morgan fingerprint density at radius 1 is 1.35 bits per heavy atom. The molecule has 20 heavy (non-hydrogen) atoms. The van der Waals surface area contributed by atoms with Crippen molar-refractivity contribution in [2.24, 2.45) is 0 Å². The number of ether oxygens (including phenoxy) is 1. The summed E-state index contributed by atoms with van der Waals surface area (Å²) in [4.78, 5) is 25.2. The van der Waals surface area contributed by atoms with E-state index < -0.39 is 4.92 Å². The number of benzene rings is 1. The molecule has 0 atom stereocenters. The van der Waals surface area contributed by atoms with Crippen LogP contribution in [-0.2, 0) is 0 Å². The Labute approximate surface area is 119 Å². The van der Waals surface area contributed by atoms with Gasteiger partial charge >= 0.3 is 0 Å². The van der Waals surface area contributed by atoms with E-state index in [1.165, 1.54) is 37.4 Å². The lowest BCUT2D eigenvalue weighted by Crippen LogP contribution is -1.95. The third-order valence-electron chi connectivity index (χ3n) is 2.48. The number of carbonyl (C=O) groups excluding carboxylic acids is 1. The van der Waals surface area contributed by atoms with Crippen molar-refractivity contribution >= 4 is 23.1 Å². The zero-order chi connectivity index (χ0) is 14.7. The molecule has 0 aliphatic heterocycles. The third-order valence-corrected chi connectivity index (χ3v) is 2.80. The van der Waals surface area contributed by atoms with Crippen LogP contribution in [0.25, 0.3) is 0 Å². The molecule has 0 saturated carbocycles. The number of non-ortho nitro benzene ring substituents is 1. The summed E-state index contributed by atoms with van der Waals surface area (Å²) in [6.45, 7) is 1.43. The molecule has 0 radical (unpaired) electrons. The second kappa shape index (κ2) is 5.66.